The Morgan fingerprint density at radius 2 is 1.61 bits per heavy atom. The fraction of sp³-hybridized carbons (Fsp3) is 0.238. The molecule has 0 spiro atoms. The normalized spacial score (nSPS) is 9.93. The number of carbonyl (C=O) groups is 3. The van der Waals surface area contributed by atoms with E-state index in [0.717, 1.165) is 22.4 Å². The summed E-state index contributed by atoms with van der Waals surface area (Å²) >= 11 is 0. The Kier molecular flexibility index (Phi) is 6.88. The summed E-state index contributed by atoms with van der Waals surface area (Å²) < 4.78 is 4.90. The van der Waals surface area contributed by atoms with Crippen molar-refractivity contribution in [2.75, 3.05) is 18.5 Å². The van der Waals surface area contributed by atoms with E-state index in [1.54, 1.807) is 0 Å². The first-order valence-electron chi connectivity index (χ1n) is 8.62. The third-order valence-corrected chi connectivity index (χ3v) is 3.97. The Labute approximate surface area is 163 Å². The average Bonchev–Trinajstić information content (AvgIpc) is 2.67. The van der Waals surface area contributed by atoms with Gasteiger partial charge in [0.2, 0.25) is 5.91 Å². The van der Waals surface area contributed by atoms with Crippen molar-refractivity contribution in [1.82, 2.24) is 5.32 Å². The van der Waals surface area contributed by atoms with Crippen molar-refractivity contribution in [1.29, 1.82) is 5.26 Å². The number of benzene rings is 2. The molecule has 0 saturated heterocycles. The van der Waals surface area contributed by atoms with Crippen LogP contribution in [0.3, 0.4) is 0 Å². The van der Waals surface area contributed by atoms with Gasteiger partial charge in [0.1, 0.15) is 0 Å². The summed E-state index contributed by atoms with van der Waals surface area (Å²) in [6.45, 7) is 5.04. The summed E-state index contributed by atoms with van der Waals surface area (Å²) in [5.41, 5.74) is 4.35. The molecule has 0 bridgehead atoms. The number of nitrogens with zero attached hydrogens (tertiary/aromatic N) is 1. The number of hydrogen-bond acceptors (Lipinski definition) is 5. The molecule has 2 N–H and O–H groups in total. The Morgan fingerprint density at radius 1 is 1.00 bits per heavy atom. The maximum Gasteiger partial charge on any atom is 0.338 e. The van der Waals surface area contributed by atoms with Gasteiger partial charge in [0, 0.05) is 5.69 Å². The van der Waals surface area contributed by atoms with Gasteiger partial charge in [-0.2, -0.15) is 5.26 Å². The van der Waals surface area contributed by atoms with Gasteiger partial charge >= 0.3 is 5.97 Å². The maximum atomic E-state index is 12.1. The molecule has 0 heterocycles. The van der Waals surface area contributed by atoms with Gasteiger partial charge in [0.25, 0.3) is 5.91 Å². The van der Waals surface area contributed by atoms with E-state index in [0.29, 0.717) is 5.56 Å². The van der Waals surface area contributed by atoms with Crippen LogP contribution in [0.5, 0.6) is 0 Å². The largest absolute Gasteiger partial charge is 0.452 e. The number of rotatable bonds is 6. The van der Waals surface area contributed by atoms with Crippen molar-refractivity contribution in [3.8, 4) is 6.07 Å². The third-order valence-electron chi connectivity index (χ3n) is 3.97. The number of aryl methyl sites for hydroxylation is 3. The van der Waals surface area contributed by atoms with Crippen molar-refractivity contribution in [2.24, 2.45) is 0 Å². The highest BCUT2D eigenvalue weighted by Gasteiger charge is 2.12. The summed E-state index contributed by atoms with van der Waals surface area (Å²) in [6.07, 6.45) is 0. The number of hydrogen-bond donors (Lipinski definition) is 2. The summed E-state index contributed by atoms with van der Waals surface area (Å²) in [6, 6.07) is 11.7. The van der Waals surface area contributed by atoms with Gasteiger partial charge in [-0.25, -0.2) is 4.79 Å². The molecule has 2 amide bonds. The van der Waals surface area contributed by atoms with E-state index in [1.165, 1.54) is 24.3 Å². The molecule has 0 aliphatic rings. The molecule has 0 saturated carbocycles. The fourth-order valence-electron chi connectivity index (χ4n) is 2.69. The lowest BCUT2D eigenvalue weighted by molar-refractivity contribution is -0.126. The average molecular weight is 379 g/mol. The Hall–Kier alpha value is -3.66. The zero-order valence-electron chi connectivity index (χ0n) is 16.0. The topological polar surface area (TPSA) is 108 Å². The molecule has 2 aromatic carbocycles. The van der Waals surface area contributed by atoms with Crippen molar-refractivity contribution < 1.29 is 19.1 Å². The van der Waals surface area contributed by atoms with Gasteiger partial charge in [-0.15, -0.1) is 0 Å². The minimum atomic E-state index is -0.685. The fourth-order valence-corrected chi connectivity index (χ4v) is 2.69. The maximum absolute atomic E-state index is 12.1. The molecule has 0 aliphatic heterocycles. The van der Waals surface area contributed by atoms with E-state index in [4.69, 9.17) is 10.00 Å². The number of anilines is 1. The number of ether oxygens (including phenoxy) is 1. The van der Waals surface area contributed by atoms with Gasteiger partial charge in [0.15, 0.2) is 6.61 Å². The predicted octanol–water partition coefficient (Wildman–Crippen LogP) is 2.40. The second-order valence-corrected chi connectivity index (χ2v) is 6.36. The van der Waals surface area contributed by atoms with Gasteiger partial charge in [0.05, 0.1) is 23.7 Å². The first-order chi connectivity index (χ1) is 13.3. The molecule has 28 heavy (non-hydrogen) atoms. The van der Waals surface area contributed by atoms with Gasteiger partial charge < -0.3 is 15.4 Å². The third kappa shape index (κ3) is 5.68. The molecule has 0 radical (unpaired) electrons. The number of esters is 1. The van der Waals surface area contributed by atoms with Crippen molar-refractivity contribution in [3.05, 3.63) is 64.2 Å². The first kappa shape index (κ1) is 20.6. The lowest BCUT2D eigenvalue weighted by atomic mass is 10.1. The second-order valence-electron chi connectivity index (χ2n) is 6.36. The Balaban J connectivity index is 1.79. The van der Waals surface area contributed by atoms with E-state index < -0.39 is 18.5 Å². The van der Waals surface area contributed by atoms with Gasteiger partial charge in [-0.1, -0.05) is 17.7 Å². The van der Waals surface area contributed by atoms with Gasteiger partial charge in [-0.05, 0) is 56.2 Å². The highest BCUT2D eigenvalue weighted by atomic mass is 16.5. The van der Waals surface area contributed by atoms with Crippen LogP contribution in [0.1, 0.15) is 32.6 Å². The molecule has 2 aromatic rings. The highest BCUT2D eigenvalue weighted by Crippen LogP contribution is 2.21. The smallest absolute Gasteiger partial charge is 0.338 e. The van der Waals surface area contributed by atoms with Crippen LogP contribution in [0.2, 0.25) is 0 Å². The summed E-state index contributed by atoms with van der Waals surface area (Å²) in [5, 5.41) is 13.9. The zero-order valence-corrected chi connectivity index (χ0v) is 16.0. The lowest BCUT2D eigenvalue weighted by Crippen LogP contribution is -2.35. The Bertz CT molecular complexity index is 920. The first-order valence-corrected chi connectivity index (χ1v) is 8.62. The van der Waals surface area contributed by atoms with Crippen molar-refractivity contribution in [2.45, 2.75) is 20.8 Å². The summed E-state index contributed by atoms with van der Waals surface area (Å²) in [5.74, 6) is -1.65. The second kappa shape index (κ2) is 9.33. The van der Waals surface area contributed by atoms with E-state index >= 15 is 0 Å². The van der Waals surface area contributed by atoms with Gasteiger partial charge in [-0.3, -0.25) is 9.59 Å². The van der Waals surface area contributed by atoms with Crippen LogP contribution in [0.25, 0.3) is 0 Å². The van der Waals surface area contributed by atoms with Crippen LogP contribution in [0, 0.1) is 32.1 Å². The molecular formula is C21H21N3O4. The SMILES string of the molecule is Cc1cc(C)c(NC(=O)CNC(=O)COC(=O)c2ccc(C#N)cc2)c(C)c1. The molecule has 0 atom stereocenters. The molecular weight excluding hydrogens is 358 g/mol. The molecule has 0 fully saturated rings. The van der Waals surface area contributed by atoms with Crippen LogP contribution in [0.4, 0.5) is 5.69 Å². The van der Waals surface area contributed by atoms with E-state index in [1.807, 2.05) is 39.0 Å². The summed E-state index contributed by atoms with van der Waals surface area (Å²) in [7, 11) is 0. The number of nitriles is 1. The van der Waals surface area contributed by atoms with Crippen LogP contribution < -0.4 is 10.6 Å². The van der Waals surface area contributed by atoms with Crippen LogP contribution in [-0.2, 0) is 14.3 Å². The monoisotopic (exact) mass is 379 g/mol. The van der Waals surface area contributed by atoms with E-state index in [9.17, 15) is 14.4 Å². The van der Waals surface area contributed by atoms with Crippen LogP contribution in [-0.4, -0.2) is 30.9 Å². The minimum absolute atomic E-state index is 0.231. The van der Waals surface area contributed by atoms with Crippen LogP contribution in [0.15, 0.2) is 36.4 Å². The Morgan fingerprint density at radius 3 is 2.18 bits per heavy atom. The predicted molar refractivity (Wildman–Crippen MR) is 104 cm³/mol. The molecule has 7 nitrogen and oxygen atoms in total. The molecule has 2 rings (SSSR count). The highest BCUT2D eigenvalue weighted by molar-refractivity contribution is 5.96. The van der Waals surface area contributed by atoms with Crippen LogP contribution >= 0.6 is 0 Å². The molecule has 0 aromatic heterocycles. The quantitative estimate of drug-likeness (QED) is 0.749. The molecule has 7 heteroatoms. The number of nitrogens with one attached hydrogen (secondary N) is 2. The molecule has 0 unspecified atom stereocenters. The minimum Gasteiger partial charge on any atom is -0.452 e. The molecule has 144 valence electrons. The van der Waals surface area contributed by atoms with E-state index in [2.05, 4.69) is 10.6 Å². The van der Waals surface area contributed by atoms with Crippen molar-refractivity contribution >= 4 is 23.5 Å². The molecule has 0 aliphatic carbocycles. The number of amides is 2. The van der Waals surface area contributed by atoms with E-state index in [-0.39, 0.29) is 18.0 Å². The lowest BCUT2D eigenvalue weighted by Gasteiger charge is -2.13. The number of carbonyl (C=O) groups excluding carboxylic acids is 3. The zero-order chi connectivity index (χ0) is 20.7. The standard InChI is InChI=1S/C21H21N3O4/c1-13-8-14(2)20(15(3)9-13)24-18(25)11-23-19(26)12-28-21(27)17-6-4-16(10-22)5-7-17/h4-9H,11-12H2,1-3H3,(H,23,26)(H,24,25). The van der Waals surface area contributed by atoms with Crippen molar-refractivity contribution in [3.63, 3.8) is 0 Å². The summed E-state index contributed by atoms with van der Waals surface area (Å²) in [4.78, 5) is 35.7.